The van der Waals surface area contributed by atoms with Gasteiger partial charge in [-0.15, -0.1) is 49.6 Å². The molecule has 4 saturated heterocycles. The van der Waals surface area contributed by atoms with E-state index >= 15 is 0 Å². The lowest BCUT2D eigenvalue weighted by Gasteiger charge is -2.35. The van der Waals surface area contributed by atoms with Gasteiger partial charge in [0.05, 0.1) is 24.3 Å². The monoisotopic (exact) mass is 456 g/mol. The summed E-state index contributed by atoms with van der Waals surface area (Å²) in [6.07, 6.45) is 2.50. The molecular weight excluding hydrogens is 430 g/mol. The van der Waals surface area contributed by atoms with Crippen molar-refractivity contribution < 1.29 is 19.1 Å². The summed E-state index contributed by atoms with van der Waals surface area (Å²) in [7, 11) is 0. The van der Waals surface area contributed by atoms with Crippen LogP contribution in [0, 0.1) is 0 Å². The topological polar surface area (TPSA) is 101 Å². The average Bonchev–Trinajstić information content (AvgIpc) is 2.55. The van der Waals surface area contributed by atoms with E-state index in [0.29, 0.717) is 0 Å². The second-order valence-electron chi connectivity index (χ2n) is 6.03. The summed E-state index contributed by atoms with van der Waals surface area (Å²) in [5.74, 6) is 0.0184. The summed E-state index contributed by atoms with van der Waals surface area (Å²) >= 11 is 0. The zero-order valence-corrected chi connectivity index (χ0v) is 17.5. The first-order valence-electron chi connectivity index (χ1n) is 7.96. The predicted octanol–water partition coefficient (Wildman–Crippen LogP) is -0.586. The first-order valence-corrected chi connectivity index (χ1v) is 7.96. The van der Waals surface area contributed by atoms with E-state index in [4.69, 9.17) is 9.47 Å². The summed E-state index contributed by atoms with van der Waals surface area (Å²) in [5, 5.41) is 12.2. The third-order valence-corrected chi connectivity index (χ3v) is 4.39. The van der Waals surface area contributed by atoms with Crippen molar-refractivity contribution in [3.8, 4) is 0 Å². The molecule has 0 aromatic rings. The highest BCUT2D eigenvalue weighted by atomic mass is 35.5. The normalized spacial score (nSPS) is 31.8. The van der Waals surface area contributed by atoms with Gasteiger partial charge in [-0.2, -0.15) is 0 Å². The van der Waals surface area contributed by atoms with E-state index in [1.165, 1.54) is 0 Å². The molecule has 12 heteroatoms. The van der Waals surface area contributed by atoms with Gasteiger partial charge in [-0.3, -0.25) is 9.59 Å². The number of hydrogen-bond acceptors (Lipinski definition) is 6. The number of morpholine rings is 2. The summed E-state index contributed by atoms with van der Waals surface area (Å²) in [4.78, 5) is 21.7. The maximum atomic E-state index is 10.9. The molecule has 0 unspecified atom stereocenters. The van der Waals surface area contributed by atoms with Crippen molar-refractivity contribution in [2.24, 2.45) is 0 Å². The zero-order chi connectivity index (χ0) is 15.4. The molecule has 4 aliphatic rings. The maximum absolute atomic E-state index is 10.9. The molecule has 4 aliphatic heterocycles. The molecule has 0 spiro atoms. The summed E-state index contributed by atoms with van der Waals surface area (Å²) < 4.78 is 10.7. The fourth-order valence-electron chi connectivity index (χ4n) is 3.22. The molecule has 0 radical (unpaired) electrons. The van der Waals surface area contributed by atoms with Crippen LogP contribution in [0.2, 0.25) is 0 Å². The second-order valence-corrected chi connectivity index (χ2v) is 6.03. The van der Waals surface area contributed by atoms with Gasteiger partial charge in [0.2, 0.25) is 11.8 Å². The highest BCUT2D eigenvalue weighted by Gasteiger charge is 2.31. The van der Waals surface area contributed by atoms with E-state index in [2.05, 4.69) is 21.3 Å². The Kier molecular flexibility index (Phi) is 15.2. The number of carbonyl (C=O) groups excluding carboxylic acids is 2. The fourth-order valence-corrected chi connectivity index (χ4v) is 3.22. The zero-order valence-electron chi connectivity index (χ0n) is 14.2. The van der Waals surface area contributed by atoms with Gasteiger partial charge in [0, 0.05) is 13.1 Å². The first-order chi connectivity index (χ1) is 10.7. The molecule has 2 amide bonds. The summed E-state index contributed by atoms with van der Waals surface area (Å²) in [6.45, 7) is 4.16. The van der Waals surface area contributed by atoms with Crippen molar-refractivity contribution in [1.29, 1.82) is 0 Å². The van der Waals surface area contributed by atoms with Crippen LogP contribution in [0.25, 0.3) is 0 Å². The number of rotatable bonds is 0. The van der Waals surface area contributed by atoms with Crippen molar-refractivity contribution in [2.45, 2.75) is 37.1 Å². The predicted molar refractivity (Wildman–Crippen MR) is 107 cm³/mol. The molecule has 0 saturated carbocycles. The molecule has 0 aromatic heterocycles. The minimum absolute atomic E-state index is 0. The van der Waals surface area contributed by atoms with Crippen LogP contribution in [0.1, 0.15) is 12.8 Å². The number of fused-ring (bicyclic) bond motifs is 2. The van der Waals surface area contributed by atoms with Crippen LogP contribution < -0.4 is 21.3 Å². The van der Waals surface area contributed by atoms with Gasteiger partial charge >= 0.3 is 0 Å². The Bertz CT molecular complexity index is 398. The summed E-state index contributed by atoms with van der Waals surface area (Å²) in [5.41, 5.74) is 0. The molecule has 4 rings (SSSR count). The number of ether oxygens (including phenoxy) is 2. The number of piperidine rings is 2. The molecule has 4 atom stereocenters. The SMILES string of the molecule is Cl.Cl.Cl.Cl.O=C1CO[C@@H]2CCNC[C@@H]2N1.O=C1CO[C@H]2CCNC[C@H]2N1. The highest BCUT2D eigenvalue weighted by molar-refractivity contribution is 5.86. The number of carbonyl (C=O) groups is 2. The molecule has 156 valence electrons. The Morgan fingerprint density at radius 2 is 1.08 bits per heavy atom. The van der Waals surface area contributed by atoms with Gasteiger partial charge in [-0.05, 0) is 25.9 Å². The Morgan fingerprint density at radius 1 is 0.692 bits per heavy atom. The molecule has 26 heavy (non-hydrogen) atoms. The molecule has 0 aromatic carbocycles. The molecule has 0 bridgehead atoms. The van der Waals surface area contributed by atoms with Gasteiger partial charge in [-0.25, -0.2) is 0 Å². The van der Waals surface area contributed by atoms with E-state index in [9.17, 15) is 9.59 Å². The summed E-state index contributed by atoms with van der Waals surface area (Å²) in [6, 6.07) is 0.398. The van der Waals surface area contributed by atoms with E-state index in [1.54, 1.807) is 0 Å². The fraction of sp³-hybridized carbons (Fsp3) is 0.857. The third-order valence-electron chi connectivity index (χ3n) is 4.39. The number of hydrogen-bond donors (Lipinski definition) is 4. The second kappa shape index (κ2) is 14.0. The first kappa shape index (κ1) is 28.2. The van der Waals surface area contributed by atoms with Gasteiger partial charge in [-0.1, -0.05) is 0 Å². The van der Waals surface area contributed by atoms with Crippen molar-refractivity contribution in [2.75, 3.05) is 39.4 Å². The largest absolute Gasteiger partial charge is 0.366 e. The van der Waals surface area contributed by atoms with Crippen LogP contribution in [0.3, 0.4) is 0 Å². The Labute approximate surface area is 178 Å². The van der Waals surface area contributed by atoms with Gasteiger partial charge < -0.3 is 30.7 Å². The quantitative estimate of drug-likeness (QED) is 0.388. The van der Waals surface area contributed by atoms with Crippen molar-refractivity contribution >= 4 is 61.4 Å². The van der Waals surface area contributed by atoms with Crippen LogP contribution >= 0.6 is 49.6 Å². The van der Waals surface area contributed by atoms with Crippen LogP contribution in [0.4, 0.5) is 0 Å². The van der Waals surface area contributed by atoms with E-state index in [-0.39, 0.29) is 98.9 Å². The third kappa shape index (κ3) is 7.90. The minimum atomic E-state index is 0. The van der Waals surface area contributed by atoms with E-state index in [1.807, 2.05) is 0 Å². The van der Waals surface area contributed by atoms with Crippen LogP contribution in [-0.4, -0.2) is 75.5 Å². The van der Waals surface area contributed by atoms with Gasteiger partial charge in [0.15, 0.2) is 0 Å². The molecule has 0 aliphatic carbocycles. The average molecular weight is 458 g/mol. The van der Waals surface area contributed by atoms with E-state index in [0.717, 1.165) is 39.0 Å². The molecule has 8 nitrogen and oxygen atoms in total. The number of amides is 2. The Morgan fingerprint density at radius 3 is 1.46 bits per heavy atom. The van der Waals surface area contributed by atoms with Crippen LogP contribution in [-0.2, 0) is 19.1 Å². The molecule has 4 N–H and O–H groups in total. The molecule has 4 fully saturated rings. The standard InChI is InChI=1S/2C7H12N2O2.4ClH/c2*10-7-4-11-6-1-2-8-3-5(6)9-7;;;;/h2*5-6,8H,1-4H2,(H,9,10);4*1H/t2*5-,6+;;;;/m10..../s1. The lowest BCUT2D eigenvalue weighted by molar-refractivity contribution is -0.138. The minimum Gasteiger partial charge on any atom is -0.366 e. The van der Waals surface area contributed by atoms with Crippen molar-refractivity contribution in [1.82, 2.24) is 21.3 Å². The maximum Gasteiger partial charge on any atom is 0.246 e. The van der Waals surface area contributed by atoms with E-state index < -0.39 is 0 Å². The number of nitrogens with one attached hydrogen (secondary N) is 4. The van der Waals surface area contributed by atoms with Crippen LogP contribution in [0.5, 0.6) is 0 Å². The lowest BCUT2D eigenvalue weighted by Crippen LogP contribution is -2.59. The van der Waals surface area contributed by atoms with Gasteiger partial charge in [0.25, 0.3) is 0 Å². The molecule has 4 heterocycles. The van der Waals surface area contributed by atoms with Crippen molar-refractivity contribution in [3.05, 3.63) is 0 Å². The Balaban J connectivity index is 0. The smallest absolute Gasteiger partial charge is 0.246 e. The highest BCUT2D eigenvalue weighted by Crippen LogP contribution is 2.12. The lowest BCUT2D eigenvalue weighted by atomic mass is 10.0. The Hall–Kier alpha value is -0.0600. The van der Waals surface area contributed by atoms with Crippen molar-refractivity contribution in [3.63, 3.8) is 0 Å². The molecular formula is C14H28Cl4N4O4. The van der Waals surface area contributed by atoms with Crippen LogP contribution in [0.15, 0.2) is 0 Å². The van der Waals surface area contributed by atoms with Gasteiger partial charge in [0.1, 0.15) is 13.2 Å². The number of halogens is 4.